The Hall–Kier alpha value is -1.13. The molecule has 0 bridgehead atoms. The highest BCUT2D eigenvalue weighted by atomic mass is 19.1. The fourth-order valence-corrected chi connectivity index (χ4v) is 0.817. The van der Waals surface area contributed by atoms with Crippen LogP contribution in [-0.4, -0.2) is 7.05 Å². The maximum Gasteiger partial charge on any atom is 0.186 e. The van der Waals surface area contributed by atoms with Gasteiger partial charge in [-0.2, -0.15) is 0 Å². The summed E-state index contributed by atoms with van der Waals surface area (Å²) in [5.74, 6) is -0.558. The quantitative estimate of drug-likeness (QED) is 0.446. The molecule has 0 aliphatic rings. The van der Waals surface area contributed by atoms with E-state index in [1.165, 1.54) is 19.2 Å². The molecule has 0 saturated carbocycles. The number of hydrogen-bond donors (Lipinski definition) is 2. The van der Waals surface area contributed by atoms with Crippen LogP contribution in [0.4, 0.5) is 15.8 Å². The molecule has 3 nitrogen and oxygen atoms in total. The summed E-state index contributed by atoms with van der Waals surface area (Å²) in [5, 5.41) is 10.4. The zero-order valence-electron chi connectivity index (χ0n) is 6.10. The van der Waals surface area contributed by atoms with Crippen LogP contribution in [0.2, 0.25) is 0 Å². The van der Waals surface area contributed by atoms with Crippen molar-refractivity contribution in [1.82, 2.24) is 0 Å². The van der Waals surface area contributed by atoms with Gasteiger partial charge in [-0.15, -0.1) is 0 Å². The number of nitrogens with one attached hydrogen (secondary N) is 1. The van der Waals surface area contributed by atoms with E-state index in [2.05, 4.69) is 0 Å². The number of rotatable bonds is 1. The van der Waals surface area contributed by atoms with Crippen molar-refractivity contribution in [2.24, 2.45) is 0 Å². The van der Waals surface area contributed by atoms with Gasteiger partial charge < -0.3 is 16.0 Å². The van der Waals surface area contributed by atoms with E-state index < -0.39 is 5.82 Å². The fraction of sp³-hybridized carbons (Fsp3) is 0.143. The lowest BCUT2D eigenvalue weighted by molar-refractivity contribution is -0.752. The predicted molar refractivity (Wildman–Crippen MR) is 40.7 cm³/mol. The molecule has 0 fully saturated rings. The van der Waals surface area contributed by atoms with E-state index in [1.54, 1.807) is 0 Å². The summed E-state index contributed by atoms with van der Waals surface area (Å²) in [4.78, 5) is 0. The minimum absolute atomic E-state index is 0.0826. The van der Waals surface area contributed by atoms with Gasteiger partial charge in [0, 0.05) is 17.8 Å². The van der Waals surface area contributed by atoms with Crippen LogP contribution in [0.3, 0.4) is 0 Å². The highest BCUT2D eigenvalue weighted by molar-refractivity contribution is 5.45. The topological polar surface area (TPSA) is 53.5 Å². The lowest BCUT2D eigenvalue weighted by atomic mass is 10.3. The first-order valence-electron chi connectivity index (χ1n) is 3.17. The minimum Gasteiger partial charge on any atom is -0.629 e. The summed E-state index contributed by atoms with van der Waals surface area (Å²) in [7, 11) is 1.31. The van der Waals surface area contributed by atoms with Crippen LogP contribution < -0.4 is 10.8 Å². The summed E-state index contributed by atoms with van der Waals surface area (Å²) in [6.07, 6.45) is 0. The summed E-state index contributed by atoms with van der Waals surface area (Å²) in [6.45, 7) is 0. The molecule has 3 N–H and O–H groups in total. The maximum atomic E-state index is 12.8. The molecule has 1 rings (SSSR count). The van der Waals surface area contributed by atoms with Gasteiger partial charge in [0.2, 0.25) is 0 Å². The van der Waals surface area contributed by atoms with Gasteiger partial charge in [0.05, 0.1) is 7.05 Å². The standard InChI is InChI=1S/C7H9FN2O/c1-10(11)7-3-2-5(9)4-6(7)8/h2-4,10H,9H2,1H3. The van der Waals surface area contributed by atoms with E-state index in [1.807, 2.05) is 0 Å². The Balaban J connectivity index is 3.09. The van der Waals surface area contributed by atoms with Crippen molar-refractivity contribution in [3.63, 3.8) is 0 Å². The van der Waals surface area contributed by atoms with E-state index in [-0.39, 0.29) is 10.8 Å². The molecule has 0 amide bonds. The van der Waals surface area contributed by atoms with Crippen LogP contribution in [0.1, 0.15) is 0 Å². The number of nitrogen functional groups attached to an aromatic ring is 1. The van der Waals surface area contributed by atoms with Crippen molar-refractivity contribution in [2.45, 2.75) is 0 Å². The zero-order chi connectivity index (χ0) is 8.43. The van der Waals surface area contributed by atoms with Gasteiger partial charge in [-0.1, -0.05) is 0 Å². The molecule has 1 atom stereocenters. The highest BCUT2D eigenvalue weighted by Gasteiger charge is 2.05. The van der Waals surface area contributed by atoms with Gasteiger partial charge in [-0.25, -0.2) is 4.39 Å². The molecule has 60 valence electrons. The first-order valence-corrected chi connectivity index (χ1v) is 3.17. The zero-order valence-corrected chi connectivity index (χ0v) is 6.10. The molecule has 1 unspecified atom stereocenters. The summed E-state index contributed by atoms with van der Waals surface area (Å²) in [6, 6.07) is 4.02. The first kappa shape index (κ1) is 7.97. The second-order valence-corrected chi connectivity index (χ2v) is 2.30. The molecule has 0 aliphatic carbocycles. The smallest absolute Gasteiger partial charge is 0.186 e. The molecule has 11 heavy (non-hydrogen) atoms. The van der Waals surface area contributed by atoms with E-state index in [0.29, 0.717) is 5.69 Å². The van der Waals surface area contributed by atoms with Crippen molar-refractivity contribution in [1.29, 1.82) is 0 Å². The molecule has 0 radical (unpaired) electrons. The maximum absolute atomic E-state index is 12.8. The molecular weight excluding hydrogens is 147 g/mol. The van der Waals surface area contributed by atoms with Crippen molar-refractivity contribution >= 4 is 11.4 Å². The summed E-state index contributed by atoms with van der Waals surface area (Å²) >= 11 is 0. The molecule has 0 aromatic heterocycles. The van der Waals surface area contributed by atoms with Gasteiger partial charge in [-0.3, -0.25) is 0 Å². The number of halogens is 1. The van der Waals surface area contributed by atoms with Gasteiger partial charge in [0.15, 0.2) is 11.5 Å². The Labute approximate surface area is 63.8 Å². The van der Waals surface area contributed by atoms with Crippen LogP contribution in [-0.2, 0) is 0 Å². The van der Waals surface area contributed by atoms with Crippen LogP contribution in [0.5, 0.6) is 0 Å². The second kappa shape index (κ2) is 2.86. The van der Waals surface area contributed by atoms with Gasteiger partial charge in [0.1, 0.15) is 0 Å². The fourth-order valence-electron chi connectivity index (χ4n) is 0.817. The first-order chi connectivity index (χ1) is 5.11. The average molecular weight is 156 g/mol. The van der Waals surface area contributed by atoms with Gasteiger partial charge >= 0.3 is 0 Å². The molecular formula is C7H9FN2O. The van der Waals surface area contributed by atoms with Crippen molar-refractivity contribution in [3.8, 4) is 0 Å². The number of hydroxylamine groups is 1. The number of nitrogens with two attached hydrogens (primary N) is 1. The van der Waals surface area contributed by atoms with Gasteiger partial charge in [0.25, 0.3) is 0 Å². The Morgan fingerprint density at radius 2 is 2.18 bits per heavy atom. The summed E-state index contributed by atoms with van der Waals surface area (Å²) in [5.41, 5.74) is 5.69. The SMILES string of the molecule is C[NH+]([O-])c1ccc(N)cc1F. The lowest BCUT2D eigenvalue weighted by Crippen LogP contribution is -2.98. The molecule has 4 heteroatoms. The molecule has 0 aliphatic heterocycles. The Bertz CT molecular complexity index is 263. The number of benzene rings is 1. The van der Waals surface area contributed by atoms with E-state index in [4.69, 9.17) is 5.73 Å². The van der Waals surface area contributed by atoms with E-state index in [0.717, 1.165) is 6.07 Å². The average Bonchev–Trinajstić information content (AvgIpc) is 1.85. The third kappa shape index (κ3) is 1.66. The number of anilines is 1. The molecule has 1 aromatic carbocycles. The van der Waals surface area contributed by atoms with Crippen LogP contribution >= 0.6 is 0 Å². The third-order valence-electron chi connectivity index (χ3n) is 1.37. The van der Waals surface area contributed by atoms with Crippen molar-refractivity contribution < 1.29 is 9.45 Å². The van der Waals surface area contributed by atoms with Crippen LogP contribution in [0.15, 0.2) is 18.2 Å². The highest BCUT2D eigenvalue weighted by Crippen LogP contribution is 2.12. The Kier molecular flexibility index (Phi) is 2.07. The van der Waals surface area contributed by atoms with Crippen molar-refractivity contribution in [2.75, 3.05) is 12.8 Å². The minimum atomic E-state index is -0.558. The number of quaternary nitrogens is 1. The Morgan fingerprint density at radius 3 is 2.64 bits per heavy atom. The van der Waals surface area contributed by atoms with Crippen molar-refractivity contribution in [3.05, 3.63) is 29.2 Å². The van der Waals surface area contributed by atoms with Crippen LogP contribution in [0, 0.1) is 11.0 Å². The molecule has 0 heterocycles. The molecule has 0 spiro atoms. The second-order valence-electron chi connectivity index (χ2n) is 2.30. The monoisotopic (exact) mass is 156 g/mol. The normalized spacial score (nSPS) is 13.0. The predicted octanol–water partition coefficient (Wildman–Crippen LogP) is 0.0519. The van der Waals surface area contributed by atoms with E-state index >= 15 is 0 Å². The largest absolute Gasteiger partial charge is 0.629 e. The van der Waals surface area contributed by atoms with Gasteiger partial charge in [-0.05, 0) is 6.07 Å². The molecule has 1 aromatic rings. The van der Waals surface area contributed by atoms with Crippen LogP contribution in [0.25, 0.3) is 0 Å². The molecule has 0 saturated heterocycles. The van der Waals surface area contributed by atoms with E-state index in [9.17, 15) is 9.60 Å². The summed E-state index contributed by atoms with van der Waals surface area (Å²) < 4.78 is 12.8. The number of hydrogen-bond acceptors (Lipinski definition) is 2. The Morgan fingerprint density at radius 1 is 1.55 bits per heavy atom. The lowest BCUT2D eigenvalue weighted by Gasteiger charge is -2.15. The third-order valence-corrected chi connectivity index (χ3v) is 1.37.